The van der Waals surface area contributed by atoms with Gasteiger partial charge in [0.1, 0.15) is 6.54 Å². The molecule has 1 aliphatic rings. The molecule has 5 nitrogen and oxygen atoms in total. The van der Waals surface area contributed by atoms with Gasteiger partial charge < -0.3 is 11.1 Å². The zero-order valence-electron chi connectivity index (χ0n) is 14.1. The lowest BCUT2D eigenvalue weighted by atomic mass is 10.1. The summed E-state index contributed by atoms with van der Waals surface area (Å²) in [5, 5.41) is 7.09. The van der Waals surface area contributed by atoms with E-state index in [0.717, 1.165) is 11.2 Å². The number of allylic oxidation sites excluding steroid dienone is 1. The maximum absolute atomic E-state index is 12.8. The summed E-state index contributed by atoms with van der Waals surface area (Å²) in [4.78, 5) is 11.5. The summed E-state index contributed by atoms with van der Waals surface area (Å²) in [6.45, 7) is 5.11. The molecule has 0 aromatic carbocycles. The SMILES string of the molecule is C=CCc1c(C(N)=O)nn(CC(F)(F)F)c1/C=C\C(C)NCC1CC1. The van der Waals surface area contributed by atoms with E-state index in [0.29, 0.717) is 11.5 Å². The molecular formula is C17H23F3N4O. The second-order valence-electron chi connectivity index (χ2n) is 6.34. The molecular weight excluding hydrogens is 333 g/mol. The van der Waals surface area contributed by atoms with Crippen LogP contribution in [0.15, 0.2) is 18.7 Å². The van der Waals surface area contributed by atoms with Crippen LogP contribution >= 0.6 is 0 Å². The molecule has 8 heteroatoms. The van der Waals surface area contributed by atoms with Crippen LogP contribution in [0.5, 0.6) is 0 Å². The Morgan fingerprint density at radius 3 is 2.72 bits per heavy atom. The monoisotopic (exact) mass is 356 g/mol. The third-order valence-corrected chi connectivity index (χ3v) is 3.97. The number of hydrogen-bond donors (Lipinski definition) is 2. The number of carbonyl (C=O) groups is 1. The largest absolute Gasteiger partial charge is 0.408 e. The molecule has 1 amide bonds. The minimum atomic E-state index is -4.45. The summed E-state index contributed by atoms with van der Waals surface area (Å²) in [5.41, 5.74) is 5.70. The lowest BCUT2D eigenvalue weighted by Crippen LogP contribution is -2.26. The number of rotatable bonds is 9. The molecule has 0 aliphatic heterocycles. The molecule has 1 fully saturated rings. The first-order valence-corrected chi connectivity index (χ1v) is 8.20. The second kappa shape index (κ2) is 7.86. The van der Waals surface area contributed by atoms with Crippen molar-refractivity contribution in [2.24, 2.45) is 11.7 Å². The van der Waals surface area contributed by atoms with Gasteiger partial charge in [-0.2, -0.15) is 18.3 Å². The smallest absolute Gasteiger partial charge is 0.364 e. The summed E-state index contributed by atoms with van der Waals surface area (Å²) >= 11 is 0. The Morgan fingerprint density at radius 2 is 2.20 bits per heavy atom. The van der Waals surface area contributed by atoms with E-state index in [1.165, 1.54) is 18.9 Å². The zero-order valence-corrected chi connectivity index (χ0v) is 14.1. The van der Waals surface area contributed by atoms with Crippen LogP contribution in [0.25, 0.3) is 6.08 Å². The molecule has 1 aromatic heterocycles. The molecule has 0 radical (unpaired) electrons. The molecule has 1 atom stereocenters. The second-order valence-corrected chi connectivity index (χ2v) is 6.34. The Bertz CT molecular complexity index is 660. The number of carbonyl (C=O) groups excluding carboxylic acids is 1. The molecule has 0 saturated heterocycles. The highest BCUT2D eigenvalue weighted by Gasteiger charge is 2.31. The molecule has 1 aromatic rings. The molecule has 3 N–H and O–H groups in total. The first-order valence-electron chi connectivity index (χ1n) is 8.20. The molecule has 1 aliphatic carbocycles. The first-order chi connectivity index (χ1) is 11.7. The van der Waals surface area contributed by atoms with E-state index in [-0.39, 0.29) is 23.9 Å². The minimum Gasteiger partial charge on any atom is -0.364 e. The van der Waals surface area contributed by atoms with Gasteiger partial charge in [0.15, 0.2) is 5.69 Å². The van der Waals surface area contributed by atoms with Gasteiger partial charge in [0.05, 0.1) is 5.69 Å². The Labute approximate surface area is 144 Å². The highest BCUT2D eigenvalue weighted by Crippen LogP contribution is 2.28. The van der Waals surface area contributed by atoms with Gasteiger partial charge in [-0.25, -0.2) is 0 Å². The maximum atomic E-state index is 12.8. The van der Waals surface area contributed by atoms with E-state index in [9.17, 15) is 18.0 Å². The summed E-state index contributed by atoms with van der Waals surface area (Å²) in [6, 6.07) is -0.0107. The predicted molar refractivity (Wildman–Crippen MR) is 89.9 cm³/mol. The summed E-state index contributed by atoms with van der Waals surface area (Å²) in [5.74, 6) is -0.156. The molecule has 0 spiro atoms. The van der Waals surface area contributed by atoms with Crippen molar-refractivity contribution in [3.05, 3.63) is 35.7 Å². The number of nitrogens with zero attached hydrogens (tertiary/aromatic N) is 2. The Hall–Kier alpha value is -2.09. The quantitative estimate of drug-likeness (QED) is 0.668. The van der Waals surface area contributed by atoms with E-state index in [1.54, 1.807) is 12.2 Å². The van der Waals surface area contributed by atoms with Crippen molar-refractivity contribution in [2.45, 2.75) is 44.9 Å². The van der Waals surface area contributed by atoms with Crippen molar-refractivity contribution >= 4 is 12.0 Å². The fraction of sp³-hybridized carbons (Fsp3) is 0.529. The van der Waals surface area contributed by atoms with Gasteiger partial charge in [-0.3, -0.25) is 9.48 Å². The van der Waals surface area contributed by atoms with Crippen LogP contribution in [0.4, 0.5) is 13.2 Å². The Balaban J connectivity index is 2.29. The van der Waals surface area contributed by atoms with Crippen LogP contribution in [0.3, 0.4) is 0 Å². The average molecular weight is 356 g/mol. The highest BCUT2D eigenvalue weighted by molar-refractivity contribution is 5.93. The van der Waals surface area contributed by atoms with Crippen LogP contribution in [0, 0.1) is 5.92 Å². The number of halogens is 3. The van der Waals surface area contributed by atoms with Crippen molar-refractivity contribution in [3.63, 3.8) is 0 Å². The Morgan fingerprint density at radius 1 is 1.52 bits per heavy atom. The first kappa shape index (κ1) is 19.2. The third-order valence-electron chi connectivity index (χ3n) is 3.97. The van der Waals surface area contributed by atoms with Crippen LogP contribution in [-0.4, -0.2) is 34.5 Å². The van der Waals surface area contributed by atoms with E-state index in [4.69, 9.17) is 5.73 Å². The van der Waals surface area contributed by atoms with Gasteiger partial charge >= 0.3 is 6.18 Å². The van der Waals surface area contributed by atoms with Crippen LogP contribution in [0.1, 0.15) is 41.5 Å². The zero-order chi connectivity index (χ0) is 18.6. The maximum Gasteiger partial charge on any atom is 0.408 e. The average Bonchev–Trinajstić information content (AvgIpc) is 3.26. The number of amides is 1. The lowest BCUT2D eigenvalue weighted by Gasteiger charge is -2.11. The van der Waals surface area contributed by atoms with Crippen molar-refractivity contribution in [1.29, 1.82) is 0 Å². The van der Waals surface area contributed by atoms with Gasteiger partial charge in [-0.1, -0.05) is 12.2 Å². The van der Waals surface area contributed by atoms with Gasteiger partial charge in [0, 0.05) is 11.6 Å². The topological polar surface area (TPSA) is 72.9 Å². The standard InChI is InChI=1S/C17H23F3N4O/c1-3-4-13-14(8-5-11(2)22-9-12-6-7-12)24(10-17(18,19)20)23-15(13)16(21)25/h3,5,8,11-12,22H,1,4,6-7,9-10H2,2H3,(H2,21,25)/b8-5-. The van der Waals surface area contributed by atoms with Gasteiger partial charge in [-0.05, 0) is 44.7 Å². The van der Waals surface area contributed by atoms with Crippen molar-refractivity contribution in [3.8, 4) is 0 Å². The van der Waals surface area contributed by atoms with Crippen molar-refractivity contribution in [2.75, 3.05) is 6.54 Å². The molecule has 1 saturated carbocycles. The van der Waals surface area contributed by atoms with Crippen LogP contribution in [0.2, 0.25) is 0 Å². The molecule has 1 heterocycles. The fourth-order valence-corrected chi connectivity index (χ4v) is 2.51. The van der Waals surface area contributed by atoms with Crippen LogP contribution in [-0.2, 0) is 13.0 Å². The minimum absolute atomic E-state index is 0.0107. The third kappa shape index (κ3) is 5.74. The number of nitrogens with one attached hydrogen (secondary N) is 1. The van der Waals surface area contributed by atoms with E-state index < -0.39 is 18.6 Å². The number of aromatic nitrogens is 2. The van der Waals surface area contributed by atoms with Crippen LogP contribution < -0.4 is 11.1 Å². The van der Waals surface area contributed by atoms with Gasteiger partial charge in [0.2, 0.25) is 0 Å². The number of alkyl halides is 3. The number of primary amides is 1. The predicted octanol–water partition coefficient (Wildman–Crippen LogP) is 2.67. The Kier molecular flexibility index (Phi) is 6.05. The number of nitrogens with two attached hydrogens (primary N) is 1. The van der Waals surface area contributed by atoms with Crippen molar-refractivity contribution in [1.82, 2.24) is 15.1 Å². The number of hydrogen-bond acceptors (Lipinski definition) is 3. The molecule has 0 bridgehead atoms. The molecule has 1 unspecified atom stereocenters. The van der Waals surface area contributed by atoms with Gasteiger partial charge in [0.25, 0.3) is 5.91 Å². The summed E-state index contributed by atoms with van der Waals surface area (Å²) in [7, 11) is 0. The molecule has 25 heavy (non-hydrogen) atoms. The lowest BCUT2D eigenvalue weighted by molar-refractivity contribution is -0.142. The fourth-order valence-electron chi connectivity index (χ4n) is 2.51. The normalized spacial score (nSPS) is 16.3. The molecule has 138 valence electrons. The summed E-state index contributed by atoms with van der Waals surface area (Å²) < 4.78 is 39.3. The van der Waals surface area contributed by atoms with Gasteiger partial charge in [-0.15, -0.1) is 6.58 Å². The molecule has 2 rings (SSSR count). The highest BCUT2D eigenvalue weighted by atomic mass is 19.4. The van der Waals surface area contributed by atoms with Crippen molar-refractivity contribution < 1.29 is 18.0 Å². The van der Waals surface area contributed by atoms with E-state index in [2.05, 4.69) is 17.0 Å². The van der Waals surface area contributed by atoms with E-state index >= 15 is 0 Å². The summed E-state index contributed by atoms with van der Waals surface area (Å²) in [6.07, 6.45) is 3.02. The van der Waals surface area contributed by atoms with E-state index in [1.807, 2.05) is 6.92 Å².